The summed E-state index contributed by atoms with van der Waals surface area (Å²) in [6, 6.07) is 8.72. The summed E-state index contributed by atoms with van der Waals surface area (Å²) in [5, 5.41) is 0.947. The van der Waals surface area contributed by atoms with Crippen LogP contribution in [0.25, 0.3) is 6.08 Å². The van der Waals surface area contributed by atoms with E-state index in [1.54, 1.807) is 0 Å². The lowest BCUT2D eigenvalue weighted by molar-refractivity contribution is 1.14. The van der Waals surface area contributed by atoms with Gasteiger partial charge < -0.3 is 0 Å². The zero-order valence-corrected chi connectivity index (χ0v) is 9.76. The molecule has 70 valence electrons. The van der Waals surface area contributed by atoms with Crippen molar-refractivity contribution in [1.82, 2.24) is 0 Å². The Kier molecular flexibility index (Phi) is 4.23. The predicted molar refractivity (Wildman–Crippen MR) is 63.3 cm³/mol. The van der Waals surface area contributed by atoms with Crippen LogP contribution in [0.4, 0.5) is 0 Å². The van der Waals surface area contributed by atoms with E-state index < -0.39 is 0 Å². The number of rotatable bonds is 3. The first-order valence-electron chi connectivity index (χ1n) is 4.58. The van der Waals surface area contributed by atoms with Gasteiger partial charge in [-0.25, -0.2) is 0 Å². The minimum absolute atomic E-state index is 0.947. The molecular formula is C12H15Br. The molecule has 1 aromatic rings. The van der Waals surface area contributed by atoms with Gasteiger partial charge in [-0.15, -0.1) is 0 Å². The summed E-state index contributed by atoms with van der Waals surface area (Å²) < 4.78 is 0. The molecule has 1 aromatic carbocycles. The van der Waals surface area contributed by atoms with E-state index in [0.717, 1.165) is 11.8 Å². The second-order valence-corrected chi connectivity index (χ2v) is 3.78. The minimum atomic E-state index is 0.947. The van der Waals surface area contributed by atoms with E-state index in [1.807, 2.05) is 0 Å². The number of allylic oxidation sites excluding steroid dienone is 1. The zero-order valence-electron chi connectivity index (χ0n) is 8.18. The molecule has 0 amide bonds. The van der Waals surface area contributed by atoms with Crippen molar-refractivity contribution in [3.05, 3.63) is 41.0 Å². The maximum atomic E-state index is 3.43. The highest BCUT2D eigenvalue weighted by molar-refractivity contribution is 9.09. The maximum absolute atomic E-state index is 3.43. The van der Waals surface area contributed by atoms with Crippen LogP contribution >= 0.6 is 15.9 Å². The Balaban J connectivity index is 2.80. The van der Waals surface area contributed by atoms with Crippen molar-refractivity contribution in [3.63, 3.8) is 0 Å². The first-order chi connectivity index (χ1) is 6.26. The highest BCUT2D eigenvalue weighted by Crippen LogP contribution is 2.10. The Labute approximate surface area is 88.8 Å². The molecule has 0 aliphatic heterocycles. The molecule has 0 unspecified atom stereocenters. The van der Waals surface area contributed by atoms with E-state index in [4.69, 9.17) is 0 Å². The largest absolute Gasteiger partial charge is 0.0880 e. The summed E-state index contributed by atoms with van der Waals surface area (Å²) in [5.74, 6) is 0. The van der Waals surface area contributed by atoms with Crippen LogP contribution in [0.2, 0.25) is 0 Å². The van der Waals surface area contributed by atoms with Crippen molar-refractivity contribution in [2.75, 3.05) is 5.33 Å². The fourth-order valence-electron chi connectivity index (χ4n) is 1.17. The highest BCUT2D eigenvalue weighted by atomic mass is 79.9. The molecule has 0 aromatic heterocycles. The van der Waals surface area contributed by atoms with Gasteiger partial charge in [-0.2, -0.15) is 0 Å². The number of hydrogen-bond donors (Lipinski definition) is 0. The van der Waals surface area contributed by atoms with Crippen molar-refractivity contribution in [1.29, 1.82) is 0 Å². The SMILES string of the molecule is CCc1ccc(/C=C(/C)CBr)cc1. The van der Waals surface area contributed by atoms with Crippen LogP contribution in [0.5, 0.6) is 0 Å². The van der Waals surface area contributed by atoms with Gasteiger partial charge in [0.15, 0.2) is 0 Å². The molecule has 0 atom stereocenters. The highest BCUT2D eigenvalue weighted by Gasteiger charge is 1.90. The molecule has 0 N–H and O–H groups in total. The first-order valence-corrected chi connectivity index (χ1v) is 5.70. The summed E-state index contributed by atoms with van der Waals surface area (Å²) in [6.45, 7) is 4.30. The molecule has 0 aliphatic rings. The molecule has 1 heteroatoms. The van der Waals surface area contributed by atoms with Gasteiger partial charge >= 0.3 is 0 Å². The van der Waals surface area contributed by atoms with Crippen LogP contribution in [-0.4, -0.2) is 5.33 Å². The van der Waals surface area contributed by atoms with Gasteiger partial charge in [-0.05, 0) is 24.5 Å². The quantitative estimate of drug-likeness (QED) is 0.698. The molecule has 0 fully saturated rings. The molecule has 1 rings (SSSR count). The standard InChI is InChI=1S/C12H15Br/c1-3-11-4-6-12(7-5-11)8-10(2)9-13/h4-8H,3,9H2,1-2H3/b10-8-. The van der Waals surface area contributed by atoms with Crippen molar-refractivity contribution in [2.24, 2.45) is 0 Å². The molecule has 0 saturated heterocycles. The first kappa shape index (κ1) is 10.5. The average molecular weight is 239 g/mol. The van der Waals surface area contributed by atoms with Crippen LogP contribution in [0.3, 0.4) is 0 Å². The van der Waals surface area contributed by atoms with Gasteiger partial charge in [0.2, 0.25) is 0 Å². The van der Waals surface area contributed by atoms with E-state index in [2.05, 4.69) is 60.1 Å². The third kappa shape index (κ3) is 3.35. The maximum Gasteiger partial charge on any atom is 0.0242 e. The molecule has 0 bridgehead atoms. The summed E-state index contributed by atoms with van der Waals surface area (Å²) in [4.78, 5) is 0. The van der Waals surface area contributed by atoms with E-state index in [0.29, 0.717) is 0 Å². The summed E-state index contributed by atoms with van der Waals surface area (Å²) in [6.07, 6.45) is 3.32. The fraction of sp³-hybridized carbons (Fsp3) is 0.333. The number of aryl methyl sites for hydroxylation is 1. The molecule has 0 radical (unpaired) electrons. The fourth-order valence-corrected chi connectivity index (χ4v) is 1.33. The van der Waals surface area contributed by atoms with Gasteiger partial charge in [0.25, 0.3) is 0 Å². The Morgan fingerprint density at radius 3 is 2.38 bits per heavy atom. The van der Waals surface area contributed by atoms with Gasteiger partial charge in [0.05, 0.1) is 0 Å². The molecule has 0 aliphatic carbocycles. The van der Waals surface area contributed by atoms with Gasteiger partial charge in [-0.1, -0.05) is 58.8 Å². The lowest BCUT2D eigenvalue weighted by Gasteiger charge is -1.98. The molecule has 0 spiro atoms. The second kappa shape index (κ2) is 5.23. The van der Waals surface area contributed by atoms with Crippen LogP contribution in [0.15, 0.2) is 29.8 Å². The van der Waals surface area contributed by atoms with Crippen LogP contribution in [0, 0.1) is 0 Å². The van der Waals surface area contributed by atoms with Crippen LogP contribution in [-0.2, 0) is 6.42 Å². The summed E-state index contributed by atoms with van der Waals surface area (Å²) in [7, 11) is 0. The molecule has 0 heterocycles. The number of alkyl halides is 1. The molecular weight excluding hydrogens is 224 g/mol. The zero-order chi connectivity index (χ0) is 9.68. The minimum Gasteiger partial charge on any atom is -0.0880 e. The number of halogens is 1. The van der Waals surface area contributed by atoms with E-state index in [-0.39, 0.29) is 0 Å². The lowest BCUT2D eigenvalue weighted by Crippen LogP contribution is -1.81. The Hall–Kier alpha value is -0.560. The number of hydrogen-bond acceptors (Lipinski definition) is 0. The van der Waals surface area contributed by atoms with Gasteiger partial charge in [-0.3, -0.25) is 0 Å². The van der Waals surface area contributed by atoms with Crippen molar-refractivity contribution < 1.29 is 0 Å². The van der Waals surface area contributed by atoms with Crippen LogP contribution in [0.1, 0.15) is 25.0 Å². The van der Waals surface area contributed by atoms with E-state index in [1.165, 1.54) is 16.7 Å². The van der Waals surface area contributed by atoms with Gasteiger partial charge in [0.1, 0.15) is 0 Å². The smallest absolute Gasteiger partial charge is 0.0242 e. The summed E-state index contributed by atoms with van der Waals surface area (Å²) >= 11 is 3.43. The summed E-state index contributed by atoms with van der Waals surface area (Å²) in [5.41, 5.74) is 4.03. The van der Waals surface area contributed by atoms with Crippen LogP contribution < -0.4 is 0 Å². The Bertz CT molecular complexity index is 282. The predicted octanol–water partition coefficient (Wildman–Crippen LogP) is 4.05. The van der Waals surface area contributed by atoms with Gasteiger partial charge in [0, 0.05) is 5.33 Å². The third-order valence-corrected chi connectivity index (χ3v) is 2.90. The lowest BCUT2D eigenvalue weighted by atomic mass is 10.1. The Morgan fingerprint density at radius 1 is 1.31 bits per heavy atom. The van der Waals surface area contributed by atoms with Crippen molar-refractivity contribution >= 4 is 22.0 Å². The average Bonchev–Trinajstić information content (AvgIpc) is 2.19. The normalized spacial score (nSPS) is 11.8. The van der Waals surface area contributed by atoms with E-state index >= 15 is 0 Å². The molecule has 13 heavy (non-hydrogen) atoms. The Morgan fingerprint density at radius 2 is 1.92 bits per heavy atom. The third-order valence-electron chi connectivity index (χ3n) is 2.01. The second-order valence-electron chi connectivity index (χ2n) is 3.22. The van der Waals surface area contributed by atoms with E-state index in [9.17, 15) is 0 Å². The molecule has 0 saturated carbocycles. The topological polar surface area (TPSA) is 0 Å². The van der Waals surface area contributed by atoms with Crippen molar-refractivity contribution in [3.8, 4) is 0 Å². The monoisotopic (exact) mass is 238 g/mol. The molecule has 0 nitrogen and oxygen atoms in total. The van der Waals surface area contributed by atoms with Crippen molar-refractivity contribution in [2.45, 2.75) is 20.3 Å². The number of benzene rings is 1.